The molecule has 1 saturated heterocycles. The molecular formula is C8H12O4. The molecule has 1 heterocycles. The predicted molar refractivity (Wildman–Crippen MR) is 41.0 cm³/mol. The Morgan fingerprint density at radius 2 is 2.42 bits per heavy atom. The van der Waals surface area contributed by atoms with Crippen molar-refractivity contribution >= 4 is 5.97 Å². The summed E-state index contributed by atoms with van der Waals surface area (Å²) in [5.74, 6) is -2.39. The Morgan fingerprint density at radius 3 is 2.92 bits per heavy atom. The Bertz CT molecular complexity index is 181. The minimum absolute atomic E-state index is 0.326. The van der Waals surface area contributed by atoms with Crippen LogP contribution in [0.2, 0.25) is 0 Å². The highest BCUT2D eigenvalue weighted by Crippen LogP contribution is 2.23. The van der Waals surface area contributed by atoms with E-state index in [0.29, 0.717) is 13.0 Å². The van der Waals surface area contributed by atoms with Crippen LogP contribution in [0, 0.1) is 0 Å². The molecule has 1 unspecified atom stereocenters. The van der Waals surface area contributed by atoms with Gasteiger partial charge in [-0.05, 0) is 12.8 Å². The molecule has 1 rings (SSSR count). The van der Waals surface area contributed by atoms with Gasteiger partial charge >= 0.3 is 11.9 Å². The first-order valence-electron chi connectivity index (χ1n) is 3.88. The van der Waals surface area contributed by atoms with Crippen molar-refractivity contribution in [3.63, 3.8) is 0 Å². The lowest BCUT2D eigenvalue weighted by Gasteiger charge is -2.30. The summed E-state index contributed by atoms with van der Waals surface area (Å²) in [6.45, 7) is 3.63. The van der Waals surface area contributed by atoms with Crippen molar-refractivity contribution in [1.82, 2.24) is 0 Å². The lowest BCUT2D eigenvalue weighted by atomic mass is 10.2. The molecule has 0 aliphatic carbocycles. The molecule has 4 heteroatoms. The SMILES string of the molecule is C=CC(=O)OC1(O)CCCCO1. The molecule has 68 valence electrons. The molecule has 0 radical (unpaired) electrons. The number of esters is 1. The quantitative estimate of drug-likeness (QED) is 0.375. The normalized spacial score (nSPS) is 29.4. The fourth-order valence-corrected chi connectivity index (χ4v) is 1.03. The van der Waals surface area contributed by atoms with E-state index in [4.69, 9.17) is 4.74 Å². The first-order chi connectivity index (χ1) is 5.66. The zero-order chi connectivity index (χ0) is 9.03. The maximum absolute atomic E-state index is 10.7. The lowest BCUT2D eigenvalue weighted by molar-refractivity contribution is -0.353. The Kier molecular flexibility index (Phi) is 2.83. The van der Waals surface area contributed by atoms with E-state index in [1.807, 2.05) is 0 Å². The van der Waals surface area contributed by atoms with Gasteiger partial charge in [0.25, 0.3) is 0 Å². The van der Waals surface area contributed by atoms with Crippen molar-refractivity contribution in [3.05, 3.63) is 12.7 Å². The summed E-state index contributed by atoms with van der Waals surface area (Å²) in [5.41, 5.74) is 0. The van der Waals surface area contributed by atoms with Crippen LogP contribution in [0.25, 0.3) is 0 Å². The summed E-state index contributed by atoms with van der Waals surface area (Å²) < 4.78 is 9.51. The molecule has 1 N–H and O–H groups in total. The summed E-state index contributed by atoms with van der Waals surface area (Å²) in [6, 6.07) is 0. The highest BCUT2D eigenvalue weighted by Gasteiger charge is 2.34. The standard InChI is InChI=1S/C8H12O4/c1-2-7(9)12-8(10)5-3-4-6-11-8/h2,10H,1,3-6H2. The molecule has 1 atom stereocenters. The average molecular weight is 172 g/mol. The van der Waals surface area contributed by atoms with Crippen molar-refractivity contribution in [2.45, 2.75) is 25.2 Å². The largest absolute Gasteiger partial charge is 0.405 e. The molecule has 0 bridgehead atoms. The van der Waals surface area contributed by atoms with E-state index in [1.54, 1.807) is 0 Å². The van der Waals surface area contributed by atoms with Crippen LogP contribution in [0.4, 0.5) is 0 Å². The van der Waals surface area contributed by atoms with E-state index < -0.39 is 11.9 Å². The monoisotopic (exact) mass is 172 g/mol. The topological polar surface area (TPSA) is 55.8 Å². The smallest absolute Gasteiger partial charge is 0.334 e. The molecule has 4 nitrogen and oxygen atoms in total. The summed E-state index contributed by atoms with van der Waals surface area (Å²) in [4.78, 5) is 10.7. The summed E-state index contributed by atoms with van der Waals surface area (Å²) >= 11 is 0. The molecule has 0 aromatic carbocycles. The zero-order valence-corrected chi connectivity index (χ0v) is 6.78. The summed E-state index contributed by atoms with van der Waals surface area (Å²) in [6.07, 6.45) is 3.00. The van der Waals surface area contributed by atoms with Gasteiger partial charge in [0.15, 0.2) is 0 Å². The molecular weight excluding hydrogens is 160 g/mol. The van der Waals surface area contributed by atoms with Gasteiger partial charge in [0.05, 0.1) is 6.61 Å². The summed E-state index contributed by atoms with van der Waals surface area (Å²) in [7, 11) is 0. The first-order valence-corrected chi connectivity index (χ1v) is 3.88. The Morgan fingerprint density at radius 1 is 1.67 bits per heavy atom. The predicted octanol–water partition coefficient (Wildman–Crippen LogP) is 0.562. The van der Waals surface area contributed by atoms with Gasteiger partial charge in [-0.2, -0.15) is 0 Å². The number of carbonyl (C=O) groups is 1. The maximum Gasteiger partial charge on any atom is 0.334 e. The van der Waals surface area contributed by atoms with Crippen LogP contribution >= 0.6 is 0 Å². The van der Waals surface area contributed by atoms with E-state index >= 15 is 0 Å². The van der Waals surface area contributed by atoms with Gasteiger partial charge in [0.2, 0.25) is 0 Å². The minimum Gasteiger partial charge on any atom is -0.405 e. The second-order valence-corrected chi connectivity index (χ2v) is 2.64. The molecule has 1 aliphatic heterocycles. The fourth-order valence-electron chi connectivity index (χ4n) is 1.03. The van der Waals surface area contributed by atoms with Crippen LogP contribution in [0.15, 0.2) is 12.7 Å². The van der Waals surface area contributed by atoms with E-state index in [2.05, 4.69) is 11.3 Å². The molecule has 12 heavy (non-hydrogen) atoms. The third-order valence-corrected chi connectivity index (χ3v) is 1.64. The fraction of sp³-hybridized carbons (Fsp3) is 0.625. The van der Waals surface area contributed by atoms with Gasteiger partial charge < -0.3 is 14.6 Å². The number of hydrogen-bond donors (Lipinski definition) is 1. The van der Waals surface area contributed by atoms with Crippen molar-refractivity contribution in [3.8, 4) is 0 Å². The van der Waals surface area contributed by atoms with Crippen LogP contribution in [0.5, 0.6) is 0 Å². The number of ether oxygens (including phenoxy) is 2. The Labute approximate surface area is 70.8 Å². The number of carbonyl (C=O) groups excluding carboxylic acids is 1. The third-order valence-electron chi connectivity index (χ3n) is 1.64. The van der Waals surface area contributed by atoms with E-state index in [9.17, 15) is 9.90 Å². The van der Waals surface area contributed by atoms with E-state index in [1.165, 1.54) is 0 Å². The van der Waals surface area contributed by atoms with Crippen molar-refractivity contribution in [1.29, 1.82) is 0 Å². The van der Waals surface area contributed by atoms with Gasteiger partial charge in [0, 0.05) is 12.5 Å². The van der Waals surface area contributed by atoms with Crippen LogP contribution < -0.4 is 0 Å². The second-order valence-electron chi connectivity index (χ2n) is 2.64. The van der Waals surface area contributed by atoms with Crippen LogP contribution in [0.1, 0.15) is 19.3 Å². The molecule has 0 spiro atoms. The molecule has 0 saturated carbocycles. The Balaban J connectivity index is 2.46. The number of rotatable bonds is 2. The maximum atomic E-state index is 10.7. The van der Waals surface area contributed by atoms with Crippen LogP contribution in [0.3, 0.4) is 0 Å². The van der Waals surface area contributed by atoms with Gasteiger partial charge in [-0.25, -0.2) is 4.79 Å². The van der Waals surface area contributed by atoms with Gasteiger partial charge in [-0.1, -0.05) is 6.58 Å². The van der Waals surface area contributed by atoms with Crippen molar-refractivity contribution < 1.29 is 19.4 Å². The van der Waals surface area contributed by atoms with E-state index in [-0.39, 0.29) is 0 Å². The van der Waals surface area contributed by atoms with Gasteiger partial charge in [0.1, 0.15) is 0 Å². The lowest BCUT2D eigenvalue weighted by Crippen LogP contribution is -2.40. The minimum atomic E-state index is -1.72. The molecule has 0 aromatic heterocycles. The van der Waals surface area contributed by atoms with Gasteiger partial charge in [-0.15, -0.1) is 0 Å². The van der Waals surface area contributed by atoms with Crippen LogP contribution in [-0.4, -0.2) is 23.7 Å². The third kappa shape index (κ3) is 2.32. The van der Waals surface area contributed by atoms with Crippen molar-refractivity contribution in [2.75, 3.05) is 6.61 Å². The number of aliphatic hydroxyl groups is 1. The molecule has 0 amide bonds. The zero-order valence-electron chi connectivity index (χ0n) is 6.78. The molecule has 1 aliphatic rings. The number of hydrogen-bond acceptors (Lipinski definition) is 4. The molecule has 1 fully saturated rings. The highest BCUT2D eigenvalue weighted by atomic mass is 16.8. The second kappa shape index (κ2) is 3.69. The highest BCUT2D eigenvalue weighted by molar-refractivity contribution is 5.81. The average Bonchev–Trinajstić information content (AvgIpc) is 2.05. The van der Waals surface area contributed by atoms with Crippen molar-refractivity contribution in [2.24, 2.45) is 0 Å². The Hall–Kier alpha value is -0.870. The van der Waals surface area contributed by atoms with E-state index in [0.717, 1.165) is 18.9 Å². The van der Waals surface area contributed by atoms with Gasteiger partial charge in [-0.3, -0.25) is 0 Å². The first kappa shape index (κ1) is 9.22. The van der Waals surface area contributed by atoms with Crippen LogP contribution in [-0.2, 0) is 14.3 Å². The summed E-state index contributed by atoms with van der Waals surface area (Å²) in [5, 5.41) is 9.46. The molecule has 0 aromatic rings.